The van der Waals surface area contributed by atoms with E-state index < -0.39 is 0 Å². The molecule has 0 bridgehead atoms. The number of para-hydroxylation sites is 1. The molecule has 3 heteroatoms. The van der Waals surface area contributed by atoms with Gasteiger partial charge < -0.3 is 10.2 Å². The van der Waals surface area contributed by atoms with Crippen LogP contribution in [-0.4, -0.2) is 17.5 Å². The summed E-state index contributed by atoms with van der Waals surface area (Å²) in [6, 6.07) is 9.06. The summed E-state index contributed by atoms with van der Waals surface area (Å²) in [5, 5.41) is 1.23. The first-order valence-electron chi connectivity index (χ1n) is 8.12. The number of rotatable bonds is 7. The number of nitrogens with zero attached hydrogens (tertiary/aromatic N) is 1. The summed E-state index contributed by atoms with van der Waals surface area (Å²) in [6.07, 6.45) is 3.93. The Morgan fingerprint density at radius 2 is 2.05 bits per heavy atom. The zero-order valence-corrected chi connectivity index (χ0v) is 13.1. The van der Waals surface area contributed by atoms with Crippen molar-refractivity contribution in [3.63, 3.8) is 0 Å². The fraction of sp³-hybridized carbons (Fsp3) is 0.556. The Morgan fingerprint density at radius 1 is 1.29 bits per heavy atom. The summed E-state index contributed by atoms with van der Waals surface area (Å²) in [5.41, 5.74) is 8.15. The van der Waals surface area contributed by atoms with Crippen molar-refractivity contribution in [3.05, 3.63) is 35.6 Å². The first kappa shape index (κ1) is 14.6. The number of hydrogen-bond acceptors (Lipinski definition) is 3. The van der Waals surface area contributed by atoms with Crippen molar-refractivity contribution in [1.82, 2.24) is 4.90 Å². The molecule has 2 N–H and O–H groups in total. The van der Waals surface area contributed by atoms with Crippen LogP contribution in [0.25, 0.3) is 11.0 Å². The van der Waals surface area contributed by atoms with Gasteiger partial charge in [-0.2, -0.15) is 0 Å². The fourth-order valence-corrected chi connectivity index (χ4v) is 2.95. The summed E-state index contributed by atoms with van der Waals surface area (Å²) in [5.74, 6) is 1.70. The highest BCUT2D eigenvalue weighted by molar-refractivity contribution is 5.82. The minimum absolute atomic E-state index is 0.479. The molecule has 0 atom stereocenters. The third-order valence-electron chi connectivity index (χ3n) is 4.39. The van der Waals surface area contributed by atoms with Gasteiger partial charge in [-0.3, -0.25) is 4.90 Å². The molecule has 0 aliphatic heterocycles. The molecule has 0 saturated heterocycles. The van der Waals surface area contributed by atoms with Gasteiger partial charge in [0.25, 0.3) is 0 Å². The second-order valence-electron chi connectivity index (χ2n) is 6.59. The van der Waals surface area contributed by atoms with Gasteiger partial charge in [0, 0.05) is 23.5 Å². The SMILES string of the molecule is CC(C)CCN(Cc1c(CN)oc2ccccc12)C1CC1. The maximum absolute atomic E-state index is 5.92. The molecule has 1 heterocycles. The first-order valence-corrected chi connectivity index (χ1v) is 8.12. The second-order valence-corrected chi connectivity index (χ2v) is 6.59. The summed E-state index contributed by atoms with van der Waals surface area (Å²) >= 11 is 0. The Kier molecular flexibility index (Phi) is 4.32. The molecular weight excluding hydrogens is 260 g/mol. The minimum atomic E-state index is 0.479. The van der Waals surface area contributed by atoms with Crippen LogP contribution in [0.3, 0.4) is 0 Å². The number of fused-ring (bicyclic) bond motifs is 1. The molecule has 21 heavy (non-hydrogen) atoms. The number of furan rings is 1. The second kappa shape index (κ2) is 6.20. The maximum atomic E-state index is 5.92. The van der Waals surface area contributed by atoms with Crippen molar-refractivity contribution in [2.24, 2.45) is 11.7 Å². The third-order valence-corrected chi connectivity index (χ3v) is 4.39. The smallest absolute Gasteiger partial charge is 0.134 e. The van der Waals surface area contributed by atoms with Gasteiger partial charge in [-0.15, -0.1) is 0 Å². The zero-order valence-electron chi connectivity index (χ0n) is 13.1. The minimum Gasteiger partial charge on any atom is -0.459 e. The molecule has 1 aliphatic rings. The Labute approximate surface area is 127 Å². The molecular formula is C18H26N2O. The van der Waals surface area contributed by atoms with E-state index in [1.165, 1.54) is 36.8 Å². The highest BCUT2D eigenvalue weighted by Crippen LogP contribution is 2.32. The number of benzene rings is 1. The van der Waals surface area contributed by atoms with Gasteiger partial charge in [-0.1, -0.05) is 32.0 Å². The largest absolute Gasteiger partial charge is 0.459 e. The molecule has 0 radical (unpaired) electrons. The maximum Gasteiger partial charge on any atom is 0.134 e. The van der Waals surface area contributed by atoms with Crippen molar-refractivity contribution < 1.29 is 4.42 Å². The monoisotopic (exact) mass is 286 g/mol. The van der Waals surface area contributed by atoms with E-state index in [0.717, 1.165) is 29.8 Å². The van der Waals surface area contributed by atoms with Gasteiger partial charge in [0.05, 0.1) is 6.54 Å². The molecule has 1 aromatic carbocycles. The number of hydrogen-bond donors (Lipinski definition) is 1. The van der Waals surface area contributed by atoms with E-state index in [1.54, 1.807) is 0 Å². The standard InChI is InChI=1S/C18H26N2O/c1-13(2)9-10-20(14-7-8-14)12-16-15-5-3-4-6-17(15)21-18(16)11-19/h3-6,13-14H,7-12,19H2,1-2H3. The molecule has 1 fully saturated rings. The van der Waals surface area contributed by atoms with E-state index in [1.807, 2.05) is 12.1 Å². The Balaban J connectivity index is 1.84. The van der Waals surface area contributed by atoms with Crippen molar-refractivity contribution in [2.45, 2.75) is 52.2 Å². The van der Waals surface area contributed by atoms with E-state index in [-0.39, 0.29) is 0 Å². The van der Waals surface area contributed by atoms with Gasteiger partial charge in [0.1, 0.15) is 11.3 Å². The van der Waals surface area contributed by atoms with Crippen molar-refractivity contribution >= 4 is 11.0 Å². The topological polar surface area (TPSA) is 42.4 Å². The summed E-state index contributed by atoms with van der Waals surface area (Å²) < 4.78 is 5.92. The molecule has 114 valence electrons. The highest BCUT2D eigenvalue weighted by atomic mass is 16.3. The van der Waals surface area contributed by atoms with Crippen LogP contribution in [0.4, 0.5) is 0 Å². The van der Waals surface area contributed by atoms with Crippen LogP contribution >= 0.6 is 0 Å². The zero-order chi connectivity index (χ0) is 14.8. The van der Waals surface area contributed by atoms with Crippen LogP contribution in [0.2, 0.25) is 0 Å². The normalized spacial score (nSPS) is 15.5. The highest BCUT2D eigenvalue weighted by Gasteiger charge is 2.30. The predicted molar refractivity (Wildman–Crippen MR) is 87.0 cm³/mol. The van der Waals surface area contributed by atoms with Crippen LogP contribution in [-0.2, 0) is 13.1 Å². The molecule has 1 saturated carbocycles. The molecule has 0 unspecified atom stereocenters. The van der Waals surface area contributed by atoms with Crippen molar-refractivity contribution in [3.8, 4) is 0 Å². The fourth-order valence-electron chi connectivity index (χ4n) is 2.95. The summed E-state index contributed by atoms with van der Waals surface area (Å²) in [7, 11) is 0. The molecule has 0 spiro atoms. The average molecular weight is 286 g/mol. The third kappa shape index (κ3) is 3.30. The van der Waals surface area contributed by atoms with E-state index in [2.05, 4.69) is 30.9 Å². The quantitative estimate of drug-likeness (QED) is 0.839. The van der Waals surface area contributed by atoms with Crippen LogP contribution < -0.4 is 5.73 Å². The lowest BCUT2D eigenvalue weighted by Gasteiger charge is -2.23. The molecule has 0 amide bonds. The van der Waals surface area contributed by atoms with Crippen molar-refractivity contribution in [1.29, 1.82) is 0 Å². The van der Waals surface area contributed by atoms with Crippen LogP contribution in [0.1, 0.15) is 44.4 Å². The lowest BCUT2D eigenvalue weighted by atomic mass is 10.1. The lowest BCUT2D eigenvalue weighted by molar-refractivity contribution is 0.238. The first-order chi connectivity index (χ1) is 10.2. The Bertz CT molecular complexity index is 598. The lowest BCUT2D eigenvalue weighted by Crippen LogP contribution is -2.28. The van der Waals surface area contributed by atoms with E-state index in [4.69, 9.17) is 10.2 Å². The van der Waals surface area contributed by atoms with E-state index in [9.17, 15) is 0 Å². The Hall–Kier alpha value is -1.32. The van der Waals surface area contributed by atoms with Gasteiger partial charge in [0.15, 0.2) is 0 Å². The summed E-state index contributed by atoms with van der Waals surface area (Å²) in [6.45, 7) is 7.22. The van der Waals surface area contributed by atoms with Gasteiger partial charge in [-0.25, -0.2) is 0 Å². The summed E-state index contributed by atoms with van der Waals surface area (Å²) in [4.78, 5) is 2.62. The van der Waals surface area contributed by atoms with Crippen LogP contribution in [0.15, 0.2) is 28.7 Å². The van der Waals surface area contributed by atoms with Gasteiger partial charge >= 0.3 is 0 Å². The van der Waals surface area contributed by atoms with E-state index >= 15 is 0 Å². The van der Waals surface area contributed by atoms with Crippen molar-refractivity contribution in [2.75, 3.05) is 6.54 Å². The molecule has 1 aromatic heterocycles. The number of nitrogens with two attached hydrogens (primary N) is 1. The molecule has 2 aromatic rings. The predicted octanol–water partition coefficient (Wildman–Crippen LogP) is 3.90. The molecule has 1 aliphatic carbocycles. The molecule has 3 rings (SSSR count). The van der Waals surface area contributed by atoms with Crippen LogP contribution in [0.5, 0.6) is 0 Å². The van der Waals surface area contributed by atoms with Gasteiger partial charge in [0.2, 0.25) is 0 Å². The van der Waals surface area contributed by atoms with Crippen LogP contribution in [0, 0.1) is 5.92 Å². The van der Waals surface area contributed by atoms with Gasteiger partial charge in [-0.05, 0) is 37.8 Å². The Morgan fingerprint density at radius 3 is 2.71 bits per heavy atom. The van der Waals surface area contributed by atoms with E-state index in [0.29, 0.717) is 6.54 Å². The average Bonchev–Trinajstić information content (AvgIpc) is 3.25. The molecule has 3 nitrogen and oxygen atoms in total.